The lowest BCUT2D eigenvalue weighted by Gasteiger charge is -2.26. The fourth-order valence-corrected chi connectivity index (χ4v) is 3.60. The molecule has 1 fully saturated rings. The molecule has 2 aromatic carbocycles. The van der Waals surface area contributed by atoms with Crippen LogP contribution in [0.5, 0.6) is 0 Å². The van der Waals surface area contributed by atoms with Gasteiger partial charge in [-0.3, -0.25) is 9.59 Å². The lowest BCUT2D eigenvalue weighted by Crippen LogP contribution is -2.39. The molecule has 3 rings (SSSR count). The maximum Gasteiger partial charge on any atom is 0.339 e. The van der Waals surface area contributed by atoms with Gasteiger partial charge in [0.2, 0.25) is 0 Å². The van der Waals surface area contributed by atoms with Gasteiger partial charge >= 0.3 is 5.97 Å². The van der Waals surface area contributed by atoms with Gasteiger partial charge in [0.05, 0.1) is 5.56 Å². The summed E-state index contributed by atoms with van der Waals surface area (Å²) in [6, 6.07) is 13.8. The van der Waals surface area contributed by atoms with E-state index in [1.54, 1.807) is 36.4 Å². The van der Waals surface area contributed by atoms with Crippen LogP contribution in [0.4, 0.5) is 0 Å². The van der Waals surface area contributed by atoms with Crippen molar-refractivity contribution < 1.29 is 19.1 Å². The standard InChI is InChI=1S/C24H27NO4/c1-16-7-11-18(12-8-16)23(27)20-5-3-4-6-21(20)24(28)29-15-22(26)25-19-13-9-17(2)10-14-19/h3-8,11-12,17,19H,9-10,13-15H2,1-2H3,(H,25,26). The molecule has 1 amide bonds. The average molecular weight is 393 g/mol. The van der Waals surface area contributed by atoms with Gasteiger partial charge in [-0.05, 0) is 44.6 Å². The molecule has 1 saturated carbocycles. The fourth-order valence-electron chi connectivity index (χ4n) is 3.60. The van der Waals surface area contributed by atoms with E-state index < -0.39 is 5.97 Å². The van der Waals surface area contributed by atoms with Crippen LogP contribution in [-0.2, 0) is 9.53 Å². The van der Waals surface area contributed by atoms with Crippen molar-refractivity contribution in [1.82, 2.24) is 5.32 Å². The number of carbonyl (C=O) groups is 3. The molecule has 152 valence electrons. The number of hydrogen-bond acceptors (Lipinski definition) is 4. The molecule has 0 spiro atoms. The van der Waals surface area contributed by atoms with Gasteiger partial charge in [0.1, 0.15) is 0 Å². The van der Waals surface area contributed by atoms with Crippen molar-refractivity contribution in [2.75, 3.05) is 6.61 Å². The Morgan fingerprint density at radius 2 is 1.55 bits per heavy atom. The van der Waals surface area contributed by atoms with E-state index in [0.29, 0.717) is 11.5 Å². The van der Waals surface area contributed by atoms with Crippen LogP contribution in [0, 0.1) is 12.8 Å². The summed E-state index contributed by atoms with van der Waals surface area (Å²) in [6.07, 6.45) is 4.10. The predicted molar refractivity (Wildman–Crippen MR) is 111 cm³/mol. The van der Waals surface area contributed by atoms with Crippen LogP contribution < -0.4 is 5.32 Å². The number of rotatable bonds is 6. The number of ketones is 1. The van der Waals surface area contributed by atoms with E-state index in [2.05, 4.69) is 12.2 Å². The minimum absolute atomic E-state index is 0.146. The van der Waals surface area contributed by atoms with Crippen LogP contribution in [0.3, 0.4) is 0 Å². The zero-order valence-corrected chi connectivity index (χ0v) is 16.9. The molecular formula is C24H27NO4. The summed E-state index contributed by atoms with van der Waals surface area (Å²) in [7, 11) is 0. The number of amides is 1. The Morgan fingerprint density at radius 3 is 2.21 bits per heavy atom. The first kappa shape index (κ1) is 20.8. The van der Waals surface area contributed by atoms with E-state index in [0.717, 1.165) is 31.2 Å². The number of benzene rings is 2. The summed E-state index contributed by atoms with van der Waals surface area (Å²) >= 11 is 0. The summed E-state index contributed by atoms with van der Waals surface area (Å²) in [5.41, 5.74) is 1.98. The second-order valence-corrected chi connectivity index (χ2v) is 7.84. The van der Waals surface area contributed by atoms with Crippen LogP contribution in [0.25, 0.3) is 0 Å². The highest BCUT2D eigenvalue weighted by Gasteiger charge is 2.22. The largest absolute Gasteiger partial charge is 0.452 e. The van der Waals surface area contributed by atoms with Crippen molar-refractivity contribution in [3.05, 3.63) is 70.8 Å². The minimum Gasteiger partial charge on any atom is -0.452 e. The third kappa shape index (κ3) is 5.53. The molecule has 1 aliphatic rings. The maximum atomic E-state index is 12.8. The van der Waals surface area contributed by atoms with Crippen molar-refractivity contribution >= 4 is 17.7 Å². The van der Waals surface area contributed by atoms with Crippen LogP contribution in [0.2, 0.25) is 0 Å². The van der Waals surface area contributed by atoms with E-state index in [9.17, 15) is 14.4 Å². The highest BCUT2D eigenvalue weighted by molar-refractivity contribution is 6.14. The van der Waals surface area contributed by atoms with Crippen LogP contribution in [-0.4, -0.2) is 30.3 Å². The molecular weight excluding hydrogens is 366 g/mol. The Hall–Kier alpha value is -2.95. The molecule has 0 unspecified atom stereocenters. The Bertz CT molecular complexity index is 880. The summed E-state index contributed by atoms with van der Waals surface area (Å²) in [6.45, 7) is 3.81. The third-order valence-corrected chi connectivity index (χ3v) is 5.42. The van der Waals surface area contributed by atoms with Gasteiger partial charge in [-0.15, -0.1) is 0 Å². The zero-order chi connectivity index (χ0) is 20.8. The summed E-state index contributed by atoms with van der Waals surface area (Å²) in [4.78, 5) is 37.5. The summed E-state index contributed by atoms with van der Waals surface area (Å²) in [5, 5.41) is 2.93. The van der Waals surface area contributed by atoms with Crippen molar-refractivity contribution in [1.29, 1.82) is 0 Å². The van der Waals surface area contributed by atoms with Gasteiger partial charge in [-0.2, -0.15) is 0 Å². The van der Waals surface area contributed by atoms with Crippen molar-refractivity contribution in [3.8, 4) is 0 Å². The maximum absolute atomic E-state index is 12.8. The SMILES string of the molecule is Cc1ccc(C(=O)c2ccccc2C(=O)OCC(=O)NC2CCC(C)CC2)cc1. The molecule has 5 nitrogen and oxygen atoms in total. The molecule has 1 N–H and O–H groups in total. The lowest BCUT2D eigenvalue weighted by molar-refractivity contribution is -0.125. The molecule has 0 bridgehead atoms. The smallest absolute Gasteiger partial charge is 0.339 e. The lowest BCUT2D eigenvalue weighted by atomic mass is 9.87. The van der Waals surface area contributed by atoms with Crippen LogP contribution in [0.1, 0.15) is 64.4 Å². The Labute approximate surface area is 171 Å². The highest BCUT2D eigenvalue weighted by Crippen LogP contribution is 2.23. The van der Waals surface area contributed by atoms with Crippen LogP contribution in [0.15, 0.2) is 48.5 Å². The Balaban J connectivity index is 1.61. The first-order chi connectivity index (χ1) is 13.9. The second-order valence-electron chi connectivity index (χ2n) is 7.84. The number of hydrogen-bond donors (Lipinski definition) is 1. The number of aryl methyl sites for hydroxylation is 1. The molecule has 5 heteroatoms. The van der Waals surface area contributed by atoms with Crippen molar-refractivity contribution in [2.24, 2.45) is 5.92 Å². The number of carbonyl (C=O) groups excluding carboxylic acids is 3. The highest BCUT2D eigenvalue weighted by atomic mass is 16.5. The third-order valence-electron chi connectivity index (χ3n) is 5.42. The summed E-state index contributed by atoms with van der Waals surface area (Å²) in [5.74, 6) is -0.532. The second kappa shape index (κ2) is 9.50. The summed E-state index contributed by atoms with van der Waals surface area (Å²) < 4.78 is 5.20. The normalized spacial score (nSPS) is 18.7. The molecule has 0 radical (unpaired) electrons. The van der Waals surface area contributed by atoms with E-state index in [1.165, 1.54) is 0 Å². The fraction of sp³-hybridized carbons (Fsp3) is 0.375. The monoisotopic (exact) mass is 393 g/mol. The van der Waals surface area contributed by atoms with Gasteiger partial charge in [0, 0.05) is 17.2 Å². The number of esters is 1. The molecule has 29 heavy (non-hydrogen) atoms. The van der Waals surface area contributed by atoms with E-state index in [4.69, 9.17) is 4.74 Å². The zero-order valence-electron chi connectivity index (χ0n) is 16.9. The van der Waals surface area contributed by atoms with E-state index in [-0.39, 0.29) is 35.5 Å². The molecule has 2 aromatic rings. The Kier molecular flexibility index (Phi) is 6.81. The number of ether oxygens (including phenoxy) is 1. The molecule has 0 aliphatic heterocycles. The molecule has 0 heterocycles. The molecule has 0 aromatic heterocycles. The topological polar surface area (TPSA) is 72.5 Å². The average Bonchev–Trinajstić information content (AvgIpc) is 2.74. The van der Waals surface area contributed by atoms with Gasteiger partial charge in [-0.1, -0.05) is 55.0 Å². The van der Waals surface area contributed by atoms with Crippen molar-refractivity contribution in [3.63, 3.8) is 0 Å². The Morgan fingerprint density at radius 1 is 0.931 bits per heavy atom. The van der Waals surface area contributed by atoms with E-state index in [1.807, 2.05) is 19.1 Å². The van der Waals surface area contributed by atoms with E-state index >= 15 is 0 Å². The molecule has 0 atom stereocenters. The molecule has 1 aliphatic carbocycles. The first-order valence-electron chi connectivity index (χ1n) is 10.1. The van der Waals surface area contributed by atoms with Gasteiger partial charge in [0.15, 0.2) is 12.4 Å². The molecule has 0 saturated heterocycles. The van der Waals surface area contributed by atoms with Gasteiger partial charge < -0.3 is 10.1 Å². The predicted octanol–water partition coefficient (Wildman–Crippen LogP) is 4.08. The van der Waals surface area contributed by atoms with Gasteiger partial charge in [0.25, 0.3) is 5.91 Å². The van der Waals surface area contributed by atoms with Crippen molar-refractivity contribution in [2.45, 2.75) is 45.6 Å². The number of nitrogens with one attached hydrogen (secondary N) is 1. The van der Waals surface area contributed by atoms with Crippen LogP contribution >= 0.6 is 0 Å². The quantitative estimate of drug-likeness (QED) is 0.593. The minimum atomic E-state index is -0.673. The first-order valence-corrected chi connectivity index (χ1v) is 10.1. The van der Waals surface area contributed by atoms with Gasteiger partial charge in [-0.25, -0.2) is 4.79 Å².